The highest BCUT2D eigenvalue weighted by atomic mass is 16.4. The Morgan fingerprint density at radius 2 is 1.86 bits per heavy atom. The highest BCUT2D eigenvalue weighted by Gasteiger charge is 2.18. The lowest BCUT2D eigenvalue weighted by Gasteiger charge is -2.15. The maximum atomic E-state index is 12.3. The number of rotatable bonds is 5. The van der Waals surface area contributed by atoms with Gasteiger partial charge in [0.2, 0.25) is 0 Å². The molecule has 0 bridgehead atoms. The molecule has 0 saturated carbocycles. The summed E-state index contributed by atoms with van der Waals surface area (Å²) in [6, 6.07) is 8.23. The summed E-state index contributed by atoms with van der Waals surface area (Å²) in [4.78, 5) is 24.7. The average molecular weight is 301 g/mol. The van der Waals surface area contributed by atoms with E-state index in [2.05, 4.69) is 0 Å². The zero-order valence-corrected chi connectivity index (χ0v) is 12.9. The number of amides is 1. The van der Waals surface area contributed by atoms with Crippen molar-refractivity contribution >= 4 is 11.9 Å². The third-order valence-corrected chi connectivity index (χ3v) is 3.52. The van der Waals surface area contributed by atoms with Crippen molar-refractivity contribution in [1.82, 2.24) is 4.90 Å². The molecule has 0 fully saturated rings. The van der Waals surface area contributed by atoms with Crippen molar-refractivity contribution in [2.24, 2.45) is 0 Å². The Kier molecular flexibility index (Phi) is 4.65. The maximum Gasteiger partial charge on any atom is 0.335 e. The summed E-state index contributed by atoms with van der Waals surface area (Å²) in [6.45, 7) is 4.29. The largest absolute Gasteiger partial charge is 0.478 e. The van der Waals surface area contributed by atoms with Crippen molar-refractivity contribution in [2.45, 2.75) is 26.8 Å². The van der Waals surface area contributed by atoms with E-state index >= 15 is 0 Å². The number of carboxylic acids is 1. The highest BCUT2D eigenvalue weighted by molar-refractivity contribution is 5.91. The van der Waals surface area contributed by atoms with Crippen LogP contribution in [0.15, 0.2) is 34.7 Å². The third-order valence-electron chi connectivity index (χ3n) is 3.52. The van der Waals surface area contributed by atoms with Crippen LogP contribution in [0.4, 0.5) is 0 Å². The molecule has 0 radical (unpaired) electrons. The molecule has 1 amide bonds. The van der Waals surface area contributed by atoms with Crippen molar-refractivity contribution in [3.63, 3.8) is 0 Å². The van der Waals surface area contributed by atoms with Gasteiger partial charge in [-0.1, -0.05) is 19.1 Å². The fourth-order valence-electron chi connectivity index (χ4n) is 2.26. The fourth-order valence-corrected chi connectivity index (χ4v) is 2.26. The number of hydrogen-bond acceptors (Lipinski definition) is 3. The first-order valence-electron chi connectivity index (χ1n) is 7.09. The molecule has 2 rings (SSSR count). The van der Waals surface area contributed by atoms with Gasteiger partial charge in [0, 0.05) is 20.0 Å². The van der Waals surface area contributed by atoms with E-state index in [1.165, 1.54) is 12.1 Å². The van der Waals surface area contributed by atoms with Crippen molar-refractivity contribution in [1.29, 1.82) is 0 Å². The molecular formula is C17H19NO4. The molecule has 0 saturated heterocycles. The number of aromatic carboxylic acids is 1. The van der Waals surface area contributed by atoms with Gasteiger partial charge in [-0.25, -0.2) is 4.79 Å². The van der Waals surface area contributed by atoms with Crippen LogP contribution in [0.1, 0.15) is 44.7 Å². The minimum atomic E-state index is -0.964. The van der Waals surface area contributed by atoms with Gasteiger partial charge in [0.1, 0.15) is 5.76 Å². The third kappa shape index (κ3) is 3.36. The molecule has 2 aromatic rings. The molecule has 22 heavy (non-hydrogen) atoms. The summed E-state index contributed by atoms with van der Waals surface area (Å²) >= 11 is 0. The number of aryl methyl sites for hydroxylation is 2. The van der Waals surface area contributed by atoms with Crippen LogP contribution in [0.25, 0.3) is 0 Å². The van der Waals surface area contributed by atoms with Gasteiger partial charge in [0.05, 0.1) is 5.56 Å². The summed E-state index contributed by atoms with van der Waals surface area (Å²) in [5.41, 5.74) is 2.07. The van der Waals surface area contributed by atoms with E-state index in [-0.39, 0.29) is 11.5 Å². The van der Waals surface area contributed by atoms with E-state index in [0.29, 0.717) is 12.3 Å². The first kappa shape index (κ1) is 15.8. The molecule has 0 aliphatic carbocycles. The Bertz CT molecular complexity index is 685. The second kappa shape index (κ2) is 6.47. The van der Waals surface area contributed by atoms with Gasteiger partial charge in [-0.05, 0) is 36.2 Å². The number of benzene rings is 1. The van der Waals surface area contributed by atoms with Crippen LogP contribution < -0.4 is 0 Å². The summed E-state index contributed by atoms with van der Waals surface area (Å²) in [7, 11) is 1.69. The standard InChI is InChI=1S/C17H19NO4/c1-4-14-11(2)9-15(22-14)16(19)18(3)10-12-5-7-13(8-6-12)17(20)21/h5-9H,4,10H2,1-3H3,(H,20,21). The fraction of sp³-hybridized carbons (Fsp3) is 0.294. The minimum Gasteiger partial charge on any atom is -0.478 e. The molecule has 5 nitrogen and oxygen atoms in total. The molecule has 1 aromatic carbocycles. The van der Waals surface area contributed by atoms with Crippen molar-refractivity contribution < 1.29 is 19.1 Å². The highest BCUT2D eigenvalue weighted by Crippen LogP contribution is 2.17. The van der Waals surface area contributed by atoms with Crippen LogP contribution in [-0.2, 0) is 13.0 Å². The van der Waals surface area contributed by atoms with Crippen molar-refractivity contribution in [3.05, 3.63) is 58.5 Å². The number of carbonyl (C=O) groups is 2. The van der Waals surface area contributed by atoms with Crippen molar-refractivity contribution in [3.8, 4) is 0 Å². The second-order valence-corrected chi connectivity index (χ2v) is 5.23. The molecule has 0 unspecified atom stereocenters. The average Bonchev–Trinajstić information content (AvgIpc) is 2.88. The van der Waals surface area contributed by atoms with Gasteiger partial charge in [-0.2, -0.15) is 0 Å². The number of hydrogen-bond donors (Lipinski definition) is 1. The van der Waals surface area contributed by atoms with E-state index in [4.69, 9.17) is 9.52 Å². The molecule has 0 aliphatic heterocycles. The summed E-state index contributed by atoms with van der Waals surface area (Å²) < 4.78 is 5.57. The van der Waals surface area contributed by atoms with Gasteiger partial charge in [-0.3, -0.25) is 4.79 Å². The van der Waals surface area contributed by atoms with Crippen molar-refractivity contribution in [2.75, 3.05) is 7.05 Å². The van der Waals surface area contributed by atoms with Crippen LogP contribution in [0.5, 0.6) is 0 Å². The number of furan rings is 1. The first-order valence-corrected chi connectivity index (χ1v) is 7.09. The molecule has 0 aliphatic rings. The molecule has 5 heteroatoms. The Morgan fingerprint density at radius 1 is 1.23 bits per heavy atom. The predicted octanol–water partition coefficient (Wildman–Crippen LogP) is 3.12. The summed E-state index contributed by atoms with van der Waals surface area (Å²) in [5, 5.41) is 8.87. The molecule has 0 spiro atoms. The van der Waals surface area contributed by atoms with Gasteiger partial charge in [0.15, 0.2) is 5.76 Å². The van der Waals surface area contributed by atoms with E-state index in [1.807, 2.05) is 13.8 Å². The first-order chi connectivity index (χ1) is 10.4. The molecule has 1 N–H and O–H groups in total. The Morgan fingerprint density at radius 3 is 2.36 bits per heavy atom. The van der Waals surface area contributed by atoms with E-state index < -0.39 is 5.97 Å². The zero-order chi connectivity index (χ0) is 16.3. The summed E-state index contributed by atoms with van der Waals surface area (Å²) in [6.07, 6.45) is 0.749. The summed E-state index contributed by atoms with van der Waals surface area (Å²) in [5.74, 6) is 0.000755. The lowest BCUT2D eigenvalue weighted by molar-refractivity contribution is 0.0695. The number of carboxylic acid groups (broad SMARTS) is 1. The SMILES string of the molecule is CCc1oc(C(=O)N(C)Cc2ccc(C(=O)O)cc2)cc1C. The molecular weight excluding hydrogens is 282 g/mol. The normalized spacial score (nSPS) is 10.5. The van der Waals surface area contributed by atoms with Crippen LogP contribution >= 0.6 is 0 Å². The topological polar surface area (TPSA) is 70.8 Å². The second-order valence-electron chi connectivity index (χ2n) is 5.23. The monoisotopic (exact) mass is 301 g/mol. The van der Waals surface area contributed by atoms with Crippen LogP contribution in [0, 0.1) is 6.92 Å². The van der Waals surface area contributed by atoms with Crippen LogP contribution in [-0.4, -0.2) is 28.9 Å². The lowest BCUT2D eigenvalue weighted by Crippen LogP contribution is -2.25. The maximum absolute atomic E-state index is 12.3. The Balaban J connectivity index is 2.08. The quantitative estimate of drug-likeness (QED) is 0.921. The van der Waals surface area contributed by atoms with E-state index in [1.54, 1.807) is 30.1 Å². The molecule has 116 valence electrons. The lowest BCUT2D eigenvalue weighted by atomic mass is 10.1. The minimum absolute atomic E-state index is 0.190. The van der Waals surface area contributed by atoms with Crippen LogP contribution in [0.2, 0.25) is 0 Å². The Hall–Kier alpha value is -2.56. The number of nitrogens with zero attached hydrogens (tertiary/aromatic N) is 1. The van der Waals surface area contributed by atoms with E-state index in [9.17, 15) is 9.59 Å². The van der Waals surface area contributed by atoms with Gasteiger partial charge >= 0.3 is 5.97 Å². The van der Waals surface area contributed by atoms with Gasteiger partial charge < -0.3 is 14.4 Å². The molecule has 1 heterocycles. The smallest absolute Gasteiger partial charge is 0.335 e. The van der Waals surface area contributed by atoms with E-state index in [0.717, 1.165) is 23.3 Å². The Labute approximate surface area is 129 Å². The number of carbonyl (C=O) groups excluding carboxylic acids is 1. The zero-order valence-electron chi connectivity index (χ0n) is 12.9. The molecule has 1 aromatic heterocycles. The molecule has 0 atom stereocenters. The van der Waals surface area contributed by atoms with Gasteiger partial charge in [0.25, 0.3) is 5.91 Å². The van der Waals surface area contributed by atoms with Crippen LogP contribution in [0.3, 0.4) is 0 Å². The predicted molar refractivity (Wildman–Crippen MR) is 82.0 cm³/mol. The van der Waals surface area contributed by atoms with Gasteiger partial charge in [-0.15, -0.1) is 0 Å².